The number of aromatic amines is 1. The van der Waals surface area contributed by atoms with Crippen molar-refractivity contribution in [3.8, 4) is 0 Å². The van der Waals surface area contributed by atoms with Gasteiger partial charge in [-0.05, 0) is 30.5 Å². The second kappa shape index (κ2) is 6.85. The molecule has 1 aromatic carbocycles. The molecule has 2 aromatic rings. The van der Waals surface area contributed by atoms with Crippen LogP contribution >= 0.6 is 0 Å². The quantitative estimate of drug-likeness (QED) is 0.569. The van der Waals surface area contributed by atoms with Crippen molar-refractivity contribution in [1.82, 2.24) is 15.3 Å². The molecule has 1 aliphatic heterocycles. The Morgan fingerprint density at radius 1 is 1.24 bits per heavy atom. The number of piperidine rings is 1. The molecule has 25 heavy (non-hydrogen) atoms. The first kappa shape index (κ1) is 16.1. The summed E-state index contributed by atoms with van der Waals surface area (Å²) in [5, 5.41) is 20.2. The zero-order valence-corrected chi connectivity index (χ0v) is 14.0. The molecule has 0 bridgehead atoms. The van der Waals surface area contributed by atoms with Crippen LogP contribution in [0.1, 0.15) is 30.0 Å². The maximum Gasteiger partial charge on any atom is 0.254 e. The Bertz CT molecular complexity index is 800. The Morgan fingerprint density at radius 3 is 2.96 bits per heavy atom. The molecule has 2 aliphatic rings. The minimum absolute atomic E-state index is 0.218. The van der Waals surface area contributed by atoms with E-state index in [1.807, 2.05) is 24.3 Å². The molecule has 1 saturated heterocycles. The van der Waals surface area contributed by atoms with Gasteiger partial charge in [0.05, 0.1) is 12.1 Å². The summed E-state index contributed by atoms with van der Waals surface area (Å²) in [7, 11) is 0. The summed E-state index contributed by atoms with van der Waals surface area (Å²) in [5.41, 5.74) is 1.95. The predicted octanol–water partition coefficient (Wildman–Crippen LogP) is 1.00. The van der Waals surface area contributed by atoms with Gasteiger partial charge in [0, 0.05) is 25.1 Å². The van der Waals surface area contributed by atoms with Crippen molar-refractivity contribution in [3.05, 3.63) is 51.8 Å². The summed E-state index contributed by atoms with van der Waals surface area (Å²) in [5.74, 6) is 0.931. The third-order valence-corrected chi connectivity index (χ3v) is 4.89. The zero-order valence-electron chi connectivity index (χ0n) is 14.0. The number of anilines is 2. The lowest BCUT2D eigenvalue weighted by atomic mass is 10.1. The standard InChI is InChI=1S/C18H23N5O2/c24-14-8-11-4-1-2-6-13(11)17(14)23-18-21-15(9-16(25)22-18)20-12-5-3-7-19-10-12/h1-2,4,6,9,12,14,17,19,24H,3,5,7-8,10H2,(H3,20,21,22,23,25)/t12-,14-,17+/m1/s1. The van der Waals surface area contributed by atoms with Gasteiger partial charge < -0.3 is 21.1 Å². The molecule has 0 saturated carbocycles. The molecule has 3 atom stereocenters. The molecular weight excluding hydrogens is 318 g/mol. The van der Waals surface area contributed by atoms with Crippen LogP contribution in [0.5, 0.6) is 0 Å². The lowest BCUT2D eigenvalue weighted by Gasteiger charge is -2.24. The molecule has 0 amide bonds. The van der Waals surface area contributed by atoms with Gasteiger partial charge in [-0.25, -0.2) is 0 Å². The highest BCUT2D eigenvalue weighted by atomic mass is 16.3. The minimum atomic E-state index is -0.540. The third kappa shape index (κ3) is 3.52. The highest BCUT2D eigenvalue weighted by Gasteiger charge is 2.31. The van der Waals surface area contributed by atoms with Gasteiger partial charge in [-0.3, -0.25) is 9.78 Å². The molecule has 4 rings (SSSR count). The largest absolute Gasteiger partial charge is 0.390 e. The van der Waals surface area contributed by atoms with Crippen LogP contribution < -0.4 is 21.5 Å². The summed E-state index contributed by atoms with van der Waals surface area (Å²) >= 11 is 0. The first-order valence-electron chi connectivity index (χ1n) is 8.80. The van der Waals surface area contributed by atoms with Gasteiger partial charge in [0.1, 0.15) is 5.82 Å². The van der Waals surface area contributed by atoms with E-state index < -0.39 is 6.10 Å². The molecule has 132 valence electrons. The van der Waals surface area contributed by atoms with Crippen molar-refractivity contribution in [2.75, 3.05) is 23.7 Å². The second-order valence-corrected chi connectivity index (χ2v) is 6.76. The Hall–Kier alpha value is -2.38. The van der Waals surface area contributed by atoms with Crippen molar-refractivity contribution < 1.29 is 5.11 Å². The summed E-state index contributed by atoms with van der Waals surface area (Å²) in [6, 6.07) is 9.41. The fourth-order valence-electron chi connectivity index (χ4n) is 3.68. The zero-order chi connectivity index (χ0) is 17.2. The van der Waals surface area contributed by atoms with Crippen LogP contribution in [0.4, 0.5) is 11.8 Å². The van der Waals surface area contributed by atoms with Crippen molar-refractivity contribution in [2.45, 2.75) is 37.5 Å². The normalized spacial score (nSPS) is 25.4. The third-order valence-electron chi connectivity index (χ3n) is 4.89. The molecular formula is C18H23N5O2. The smallest absolute Gasteiger partial charge is 0.254 e. The van der Waals surface area contributed by atoms with Gasteiger partial charge in [0.2, 0.25) is 5.95 Å². The molecule has 0 radical (unpaired) electrons. The van der Waals surface area contributed by atoms with Gasteiger partial charge in [0.15, 0.2) is 0 Å². The van der Waals surface area contributed by atoms with Gasteiger partial charge in [-0.2, -0.15) is 4.98 Å². The van der Waals surface area contributed by atoms with Crippen LogP contribution in [-0.2, 0) is 6.42 Å². The SMILES string of the molecule is O=c1cc(N[C@@H]2CCCNC2)nc(N[C@H]2c3ccccc3C[C@H]2O)[nH]1. The molecule has 1 aromatic heterocycles. The van der Waals surface area contributed by atoms with Crippen molar-refractivity contribution in [2.24, 2.45) is 0 Å². The fraction of sp³-hybridized carbons (Fsp3) is 0.444. The molecule has 7 heteroatoms. The van der Waals surface area contributed by atoms with Crippen LogP contribution in [-0.4, -0.2) is 40.3 Å². The van der Waals surface area contributed by atoms with E-state index in [4.69, 9.17) is 0 Å². The first-order valence-corrected chi connectivity index (χ1v) is 8.80. The average molecular weight is 341 g/mol. The number of H-pyrrole nitrogens is 1. The maximum atomic E-state index is 12.0. The van der Waals surface area contributed by atoms with Crippen LogP contribution in [0.15, 0.2) is 35.1 Å². The molecule has 1 aliphatic carbocycles. The van der Waals surface area contributed by atoms with E-state index in [1.54, 1.807) is 0 Å². The highest BCUT2D eigenvalue weighted by molar-refractivity contribution is 5.45. The van der Waals surface area contributed by atoms with Gasteiger partial charge in [0.25, 0.3) is 5.56 Å². The molecule has 7 nitrogen and oxygen atoms in total. The molecule has 5 N–H and O–H groups in total. The van der Waals surface area contributed by atoms with Crippen molar-refractivity contribution in [3.63, 3.8) is 0 Å². The summed E-state index contributed by atoms with van der Waals surface area (Å²) in [6.07, 6.45) is 2.22. The Balaban J connectivity index is 1.53. The summed E-state index contributed by atoms with van der Waals surface area (Å²) in [6.45, 7) is 1.90. The number of fused-ring (bicyclic) bond motifs is 1. The number of benzene rings is 1. The number of aromatic nitrogens is 2. The Kier molecular flexibility index (Phi) is 4.42. The van der Waals surface area contributed by atoms with E-state index in [2.05, 4.69) is 25.9 Å². The minimum Gasteiger partial charge on any atom is -0.390 e. The maximum absolute atomic E-state index is 12.0. The monoisotopic (exact) mass is 341 g/mol. The molecule has 1 fully saturated rings. The van der Waals surface area contributed by atoms with Gasteiger partial charge in [-0.1, -0.05) is 24.3 Å². The van der Waals surface area contributed by atoms with Crippen LogP contribution in [0, 0.1) is 0 Å². The number of hydrogen-bond donors (Lipinski definition) is 5. The number of aliphatic hydroxyl groups is 1. The topological polar surface area (TPSA) is 102 Å². The van der Waals surface area contributed by atoms with Crippen molar-refractivity contribution >= 4 is 11.8 Å². The molecule has 2 heterocycles. The number of hydrogen-bond acceptors (Lipinski definition) is 6. The Morgan fingerprint density at radius 2 is 2.12 bits per heavy atom. The Labute approximate surface area is 145 Å². The lowest BCUT2D eigenvalue weighted by Crippen LogP contribution is -2.38. The van der Waals surface area contributed by atoms with E-state index >= 15 is 0 Å². The van der Waals surface area contributed by atoms with E-state index in [0.717, 1.165) is 37.1 Å². The van der Waals surface area contributed by atoms with Crippen LogP contribution in [0.3, 0.4) is 0 Å². The van der Waals surface area contributed by atoms with E-state index in [0.29, 0.717) is 18.2 Å². The van der Waals surface area contributed by atoms with Gasteiger partial charge >= 0.3 is 0 Å². The van der Waals surface area contributed by atoms with E-state index in [1.165, 1.54) is 6.07 Å². The molecule has 0 unspecified atom stereocenters. The van der Waals surface area contributed by atoms with Gasteiger partial charge in [-0.15, -0.1) is 0 Å². The predicted molar refractivity (Wildman–Crippen MR) is 96.9 cm³/mol. The number of nitrogens with zero attached hydrogens (tertiary/aromatic N) is 1. The van der Waals surface area contributed by atoms with E-state index in [9.17, 15) is 9.90 Å². The highest BCUT2D eigenvalue weighted by Crippen LogP contribution is 2.33. The fourth-order valence-corrected chi connectivity index (χ4v) is 3.68. The van der Waals surface area contributed by atoms with Crippen LogP contribution in [0.2, 0.25) is 0 Å². The lowest BCUT2D eigenvalue weighted by molar-refractivity contribution is 0.165. The molecule has 0 spiro atoms. The van der Waals surface area contributed by atoms with Crippen LogP contribution in [0.25, 0.3) is 0 Å². The number of nitrogens with one attached hydrogen (secondary N) is 4. The van der Waals surface area contributed by atoms with Crippen molar-refractivity contribution in [1.29, 1.82) is 0 Å². The number of rotatable bonds is 4. The summed E-state index contributed by atoms with van der Waals surface area (Å²) in [4.78, 5) is 19.2. The van der Waals surface area contributed by atoms with E-state index in [-0.39, 0.29) is 17.6 Å². The second-order valence-electron chi connectivity index (χ2n) is 6.76. The average Bonchev–Trinajstić information content (AvgIpc) is 2.91. The number of aliphatic hydroxyl groups excluding tert-OH is 1. The summed E-state index contributed by atoms with van der Waals surface area (Å²) < 4.78 is 0. The first-order chi connectivity index (χ1) is 12.2.